The van der Waals surface area contributed by atoms with Crippen LogP contribution in [0.2, 0.25) is 10.0 Å². The van der Waals surface area contributed by atoms with Gasteiger partial charge >= 0.3 is 0 Å². The molecule has 2 amide bonds. The highest BCUT2D eigenvalue weighted by atomic mass is 35.5. The van der Waals surface area contributed by atoms with E-state index in [2.05, 4.69) is 9.80 Å². The van der Waals surface area contributed by atoms with Crippen molar-refractivity contribution in [3.8, 4) is 0 Å². The lowest BCUT2D eigenvalue weighted by molar-refractivity contribution is -0.123. The molecular weight excluding hydrogens is 385 g/mol. The van der Waals surface area contributed by atoms with E-state index in [0.29, 0.717) is 23.8 Å². The Labute approximate surface area is 168 Å². The summed E-state index contributed by atoms with van der Waals surface area (Å²) in [5.41, 5.74) is 1.54. The summed E-state index contributed by atoms with van der Waals surface area (Å²) in [6.07, 6.45) is 0.206. The van der Waals surface area contributed by atoms with Crippen molar-refractivity contribution in [1.29, 1.82) is 0 Å². The first-order valence-electron chi connectivity index (χ1n) is 8.90. The van der Waals surface area contributed by atoms with E-state index in [0.717, 1.165) is 23.8 Å². The molecule has 0 aliphatic carbocycles. The molecule has 2 aliphatic heterocycles. The van der Waals surface area contributed by atoms with E-state index in [1.54, 1.807) is 24.3 Å². The summed E-state index contributed by atoms with van der Waals surface area (Å²) in [5.74, 6) is -0.353. The highest BCUT2D eigenvalue weighted by Crippen LogP contribution is 2.30. The second-order valence-corrected chi connectivity index (χ2v) is 7.59. The average Bonchev–Trinajstić information content (AvgIpc) is 2.96. The summed E-state index contributed by atoms with van der Waals surface area (Å²) in [5, 5.41) is 1.23. The maximum Gasteiger partial charge on any atom is 0.251 e. The topological polar surface area (TPSA) is 43.9 Å². The van der Waals surface area contributed by atoms with Crippen LogP contribution in [0.1, 0.15) is 6.42 Å². The molecule has 4 rings (SSSR count). The molecule has 0 unspecified atom stereocenters. The number of amides is 2. The zero-order valence-corrected chi connectivity index (χ0v) is 16.2. The number of imide groups is 1. The van der Waals surface area contributed by atoms with Crippen molar-refractivity contribution < 1.29 is 9.59 Å². The fraction of sp³-hybridized carbons (Fsp3) is 0.300. The number of carbonyl (C=O) groups excluding carboxylic acids is 2. The average molecular weight is 404 g/mol. The number of piperazine rings is 1. The summed E-state index contributed by atoms with van der Waals surface area (Å²) in [4.78, 5) is 31.0. The van der Waals surface area contributed by atoms with Gasteiger partial charge in [0.25, 0.3) is 5.91 Å². The van der Waals surface area contributed by atoms with Crippen molar-refractivity contribution in [3.05, 3.63) is 58.6 Å². The molecule has 1 atom stereocenters. The molecule has 5 nitrogen and oxygen atoms in total. The van der Waals surface area contributed by atoms with E-state index < -0.39 is 6.04 Å². The second-order valence-electron chi connectivity index (χ2n) is 6.74. The van der Waals surface area contributed by atoms with Gasteiger partial charge in [-0.25, -0.2) is 4.90 Å². The molecule has 0 aromatic heterocycles. The van der Waals surface area contributed by atoms with Crippen molar-refractivity contribution in [2.24, 2.45) is 0 Å². The smallest absolute Gasteiger partial charge is 0.251 e. The van der Waals surface area contributed by atoms with E-state index in [9.17, 15) is 9.59 Å². The molecule has 2 aromatic carbocycles. The van der Waals surface area contributed by atoms with Crippen LogP contribution in [0.4, 0.5) is 11.4 Å². The molecule has 140 valence electrons. The van der Waals surface area contributed by atoms with Crippen molar-refractivity contribution >= 4 is 46.4 Å². The van der Waals surface area contributed by atoms with Gasteiger partial charge in [0.15, 0.2) is 0 Å². The summed E-state index contributed by atoms with van der Waals surface area (Å²) >= 11 is 12.3. The van der Waals surface area contributed by atoms with Crippen LogP contribution < -0.4 is 9.80 Å². The van der Waals surface area contributed by atoms with Crippen LogP contribution in [-0.4, -0.2) is 48.9 Å². The SMILES string of the molecule is O=C1C[C@H](N2CCN(c3ccccc3Cl)CC2)C(=O)N1c1cccc(Cl)c1. The third-order valence-electron chi connectivity index (χ3n) is 5.14. The first-order chi connectivity index (χ1) is 13.0. The predicted octanol–water partition coefficient (Wildman–Crippen LogP) is 3.45. The van der Waals surface area contributed by atoms with Crippen LogP contribution in [0.25, 0.3) is 0 Å². The van der Waals surface area contributed by atoms with E-state index in [1.807, 2.05) is 24.3 Å². The molecule has 7 heteroatoms. The van der Waals surface area contributed by atoms with Gasteiger partial charge < -0.3 is 4.90 Å². The first kappa shape index (κ1) is 18.3. The lowest BCUT2D eigenvalue weighted by Crippen LogP contribution is -2.52. The number of carbonyl (C=O) groups is 2. The van der Waals surface area contributed by atoms with Crippen molar-refractivity contribution in [2.75, 3.05) is 36.0 Å². The highest BCUT2D eigenvalue weighted by molar-refractivity contribution is 6.33. The molecule has 2 aromatic rings. The Balaban J connectivity index is 1.45. The van der Waals surface area contributed by atoms with Gasteiger partial charge in [0.2, 0.25) is 5.91 Å². The van der Waals surface area contributed by atoms with Crippen molar-refractivity contribution in [3.63, 3.8) is 0 Å². The Morgan fingerprint density at radius 1 is 0.889 bits per heavy atom. The molecule has 0 spiro atoms. The van der Waals surface area contributed by atoms with E-state index >= 15 is 0 Å². The monoisotopic (exact) mass is 403 g/mol. The van der Waals surface area contributed by atoms with Crippen LogP contribution in [0.5, 0.6) is 0 Å². The number of hydrogen-bond donors (Lipinski definition) is 0. The van der Waals surface area contributed by atoms with Gasteiger partial charge in [0.1, 0.15) is 0 Å². The van der Waals surface area contributed by atoms with Crippen LogP contribution in [-0.2, 0) is 9.59 Å². The van der Waals surface area contributed by atoms with Crippen LogP contribution >= 0.6 is 23.2 Å². The standard InChI is InChI=1S/C20H19Cl2N3O2/c21-14-4-3-5-15(12-14)25-19(26)13-18(20(25)27)24-10-8-23(9-11-24)17-7-2-1-6-16(17)22/h1-7,12,18H,8-11,13H2/t18-/m0/s1. The first-order valence-corrected chi connectivity index (χ1v) is 9.66. The molecule has 2 heterocycles. The Kier molecular flexibility index (Phi) is 5.08. The lowest BCUT2D eigenvalue weighted by Gasteiger charge is -2.38. The molecule has 0 radical (unpaired) electrons. The molecule has 0 bridgehead atoms. The van der Waals surface area contributed by atoms with Gasteiger partial charge in [-0.3, -0.25) is 14.5 Å². The van der Waals surface area contributed by atoms with Crippen molar-refractivity contribution in [2.45, 2.75) is 12.5 Å². The Hall–Kier alpha value is -2.08. The molecule has 0 N–H and O–H groups in total. The lowest BCUT2D eigenvalue weighted by atomic mass is 10.1. The number of nitrogens with zero attached hydrogens (tertiary/aromatic N) is 3. The van der Waals surface area contributed by atoms with Gasteiger partial charge in [0.05, 0.1) is 28.9 Å². The maximum absolute atomic E-state index is 12.9. The van der Waals surface area contributed by atoms with Gasteiger partial charge in [-0.1, -0.05) is 41.4 Å². The number of hydrogen-bond acceptors (Lipinski definition) is 4. The molecule has 2 aliphatic rings. The highest BCUT2D eigenvalue weighted by Gasteiger charge is 2.43. The number of para-hydroxylation sites is 1. The number of rotatable bonds is 3. The number of benzene rings is 2. The zero-order valence-electron chi connectivity index (χ0n) is 14.6. The van der Waals surface area contributed by atoms with Crippen molar-refractivity contribution in [1.82, 2.24) is 4.90 Å². The molecule has 0 saturated carbocycles. The fourth-order valence-corrected chi connectivity index (χ4v) is 4.21. The minimum atomic E-state index is -0.412. The third kappa shape index (κ3) is 3.55. The largest absolute Gasteiger partial charge is 0.368 e. The van der Waals surface area contributed by atoms with Gasteiger partial charge in [-0.15, -0.1) is 0 Å². The molecule has 2 fully saturated rings. The summed E-state index contributed by atoms with van der Waals surface area (Å²) < 4.78 is 0. The van der Waals surface area contributed by atoms with Gasteiger partial charge in [-0.05, 0) is 30.3 Å². The molecule has 27 heavy (non-hydrogen) atoms. The summed E-state index contributed by atoms with van der Waals surface area (Å²) in [6.45, 7) is 2.94. The fourth-order valence-electron chi connectivity index (χ4n) is 3.77. The maximum atomic E-state index is 12.9. The zero-order chi connectivity index (χ0) is 19.0. The van der Waals surface area contributed by atoms with Gasteiger partial charge in [-0.2, -0.15) is 0 Å². The minimum absolute atomic E-state index is 0.173. The second kappa shape index (κ2) is 7.50. The number of halogens is 2. The van der Waals surface area contributed by atoms with Gasteiger partial charge in [0, 0.05) is 31.2 Å². The number of anilines is 2. The molecular formula is C20H19Cl2N3O2. The van der Waals surface area contributed by atoms with Crippen LogP contribution in [0.3, 0.4) is 0 Å². The van der Waals surface area contributed by atoms with E-state index in [4.69, 9.17) is 23.2 Å². The van der Waals surface area contributed by atoms with E-state index in [1.165, 1.54) is 4.90 Å². The molecule has 2 saturated heterocycles. The Bertz CT molecular complexity index is 881. The Morgan fingerprint density at radius 2 is 1.63 bits per heavy atom. The van der Waals surface area contributed by atoms with Crippen LogP contribution in [0, 0.1) is 0 Å². The Morgan fingerprint density at radius 3 is 2.33 bits per heavy atom. The predicted molar refractivity (Wildman–Crippen MR) is 108 cm³/mol. The minimum Gasteiger partial charge on any atom is -0.368 e. The summed E-state index contributed by atoms with van der Waals surface area (Å²) in [6, 6.07) is 14.2. The quantitative estimate of drug-likeness (QED) is 0.736. The van der Waals surface area contributed by atoms with Crippen LogP contribution in [0.15, 0.2) is 48.5 Å². The van der Waals surface area contributed by atoms with E-state index in [-0.39, 0.29) is 18.2 Å². The normalized spacial score (nSPS) is 21.2. The third-order valence-corrected chi connectivity index (χ3v) is 5.69. The summed E-state index contributed by atoms with van der Waals surface area (Å²) in [7, 11) is 0.